The van der Waals surface area contributed by atoms with Gasteiger partial charge in [0.1, 0.15) is 0 Å². The van der Waals surface area contributed by atoms with Crippen LogP contribution in [-0.4, -0.2) is 21.4 Å². The number of nitrogens with zero attached hydrogens (tertiary/aromatic N) is 2. The molecular formula is C11H16N2O2. The highest BCUT2D eigenvalue weighted by Gasteiger charge is 2.33. The fraction of sp³-hybridized carbons (Fsp3) is 0.818. The van der Waals surface area contributed by atoms with Crippen LogP contribution in [0.25, 0.3) is 0 Å². The molecule has 0 aliphatic heterocycles. The predicted molar refractivity (Wildman–Crippen MR) is 53.5 cm³/mol. The summed E-state index contributed by atoms with van der Waals surface area (Å²) in [5.74, 6) is 2.12. The topological polar surface area (TPSA) is 59.2 Å². The van der Waals surface area contributed by atoms with Crippen molar-refractivity contribution >= 4 is 0 Å². The molecule has 2 aliphatic rings. The Bertz CT molecular complexity index is 346. The average Bonchev–Trinajstić information content (AvgIpc) is 2.70. The van der Waals surface area contributed by atoms with E-state index in [1.54, 1.807) is 0 Å². The van der Waals surface area contributed by atoms with Crippen LogP contribution < -0.4 is 0 Å². The molecular weight excluding hydrogens is 192 g/mol. The molecule has 2 saturated carbocycles. The molecule has 3 rings (SSSR count). The minimum absolute atomic E-state index is 0.0892. The van der Waals surface area contributed by atoms with E-state index < -0.39 is 0 Å². The van der Waals surface area contributed by atoms with Crippen molar-refractivity contribution in [2.24, 2.45) is 0 Å². The lowest BCUT2D eigenvalue weighted by atomic mass is 9.85. The number of rotatable bonds is 2. The number of hydrogen-bond acceptors (Lipinski definition) is 4. The summed E-state index contributed by atoms with van der Waals surface area (Å²) < 4.78 is 5.25. The number of aliphatic hydroxyl groups is 1. The number of aliphatic hydroxyl groups excluding tert-OH is 1. The Balaban J connectivity index is 1.77. The van der Waals surface area contributed by atoms with Gasteiger partial charge in [0.05, 0.1) is 12.0 Å². The van der Waals surface area contributed by atoms with E-state index in [0.29, 0.717) is 11.8 Å². The van der Waals surface area contributed by atoms with Crippen LogP contribution in [0, 0.1) is 0 Å². The van der Waals surface area contributed by atoms with E-state index in [9.17, 15) is 5.11 Å². The second kappa shape index (κ2) is 3.59. The van der Waals surface area contributed by atoms with Crippen LogP contribution >= 0.6 is 0 Å². The zero-order chi connectivity index (χ0) is 10.3. The third-order valence-electron chi connectivity index (χ3n) is 3.72. The fourth-order valence-electron chi connectivity index (χ4n) is 2.46. The average molecular weight is 208 g/mol. The van der Waals surface area contributed by atoms with Gasteiger partial charge >= 0.3 is 0 Å². The zero-order valence-corrected chi connectivity index (χ0v) is 8.72. The monoisotopic (exact) mass is 208 g/mol. The van der Waals surface area contributed by atoms with Gasteiger partial charge in [-0.15, -0.1) is 0 Å². The van der Waals surface area contributed by atoms with E-state index in [4.69, 9.17) is 4.52 Å². The molecule has 0 aromatic carbocycles. The normalized spacial score (nSPS) is 31.8. The lowest BCUT2D eigenvalue weighted by molar-refractivity contribution is 0.148. The van der Waals surface area contributed by atoms with Gasteiger partial charge in [-0.3, -0.25) is 0 Å². The molecule has 1 aromatic rings. The quantitative estimate of drug-likeness (QED) is 0.807. The maximum absolute atomic E-state index is 9.73. The molecule has 0 bridgehead atoms. The Morgan fingerprint density at radius 1 is 1.13 bits per heavy atom. The summed E-state index contributed by atoms with van der Waals surface area (Å²) in [6.07, 6.45) is 6.28. The minimum atomic E-state index is -0.278. The first-order valence-corrected chi connectivity index (χ1v) is 5.86. The Kier molecular flexibility index (Phi) is 2.24. The first-order valence-electron chi connectivity index (χ1n) is 5.86. The van der Waals surface area contributed by atoms with Crippen LogP contribution in [-0.2, 0) is 0 Å². The molecule has 2 unspecified atom stereocenters. The van der Waals surface area contributed by atoms with Crippen LogP contribution in [0.5, 0.6) is 0 Å². The van der Waals surface area contributed by atoms with E-state index in [1.165, 1.54) is 19.3 Å². The molecule has 4 nitrogen and oxygen atoms in total. The van der Waals surface area contributed by atoms with Gasteiger partial charge in [0.15, 0.2) is 5.82 Å². The van der Waals surface area contributed by atoms with Crippen LogP contribution in [0.3, 0.4) is 0 Å². The molecule has 0 saturated heterocycles. The molecule has 1 aromatic heterocycles. The Labute approximate surface area is 88.7 Å². The largest absolute Gasteiger partial charge is 0.392 e. The summed E-state index contributed by atoms with van der Waals surface area (Å²) in [7, 11) is 0. The zero-order valence-electron chi connectivity index (χ0n) is 8.72. The fourth-order valence-corrected chi connectivity index (χ4v) is 2.46. The molecule has 2 atom stereocenters. The van der Waals surface area contributed by atoms with Crippen LogP contribution in [0.15, 0.2) is 4.52 Å². The highest BCUT2D eigenvalue weighted by atomic mass is 16.5. The van der Waals surface area contributed by atoms with Crippen molar-refractivity contribution in [3.8, 4) is 0 Å². The smallest absolute Gasteiger partial charge is 0.232 e. The van der Waals surface area contributed by atoms with Crippen molar-refractivity contribution in [1.29, 1.82) is 0 Å². The summed E-state index contributed by atoms with van der Waals surface area (Å²) in [5, 5.41) is 13.8. The van der Waals surface area contributed by atoms with Gasteiger partial charge in [0, 0.05) is 5.92 Å². The van der Waals surface area contributed by atoms with Crippen molar-refractivity contribution in [3.63, 3.8) is 0 Å². The lowest BCUT2D eigenvalue weighted by Gasteiger charge is -2.21. The van der Waals surface area contributed by atoms with E-state index >= 15 is 0 Å². The molecule has 1 heterocycles. The van der Waals surface area contributed by atoms with Gasteiger partial charge in [-0.05, 0) is 32.1 Å². The highest BCUT2D eigenvalue weighted by Crippen LogP contribution is 2.37. The standard InChI is InChI=1S/C11H16N2O2/c14-9-6-2-5-8(9)11-12-10(13-15-11)7-3-1-4-7/h7-9,14H,1-6H2. The Morgan fingerprint density at radius 3 is 2.53 bits per heavy atom. The summed E-state index contributed by atoms with van der Waals surface area (Å²) in [6, 6.07) is 0. The molecule has 82 valence electrons. The van der Waals surface area contributed by atoms with Gasteiger partial charge in [-0.1, -0.05) is 11.6 Å². The maximum Gasteiger partial charge on any atom is 0.232 e. The van der Waals surface area contributed by atoms with E-state index in [-0.39, 0.29) is 12.0 Å². The summed E-state index contributed by atoms with van der Waals surface area (Å²) >= 11 is 0. The van der Waals surface area contributed by atoms with Crippen molar-refractivity contribution in [3.05, 3.63) is 11.7 Å². The molecule has 4 heteroatoms. The Morgan fingerprint density at radius 2 is 1.93 bits per heavy atom. The Hall–Kier alpha value is -0.900. The third kappa shape index (κ3) is 1.57. The molecule has 15 heavy (non-hydrogen) atoms. The molecule has 0 spiro atoms. The second-order valence-corrected chi connectivity index (χ2v) is 4.72. The summed E-state index contributed by atoms with van der Waals surface area (Å²) in [6.45, 7) is 0. The number of aromatic nitrogens is 2. The van der Waals surface area contributed by atoms with Crippen molar-refractivity contribution < 1.29 is 9.63 Å². The van der Waals surface area contributed by atoms with Gasteiger partial charge in [0.2, 0.25) is 5.89 Å². The van der Waals surface area contributed by atoms with Crippen molar-refractivity contribution in [1.82, 2.24) is 10.1 Å². The second-order valence-electron chi connectivity index (χ2n) is 4.72. The van der Waals surface area contributed by atoms with Crippen molar-refractivity contribution in [2.75, 3.05) is 0 Å². The van der Waals surface area contributed by atoms with E-state index in [0.717, 1.165) is 25.1 Å². The summed E-state index contributed by atoms with van der Waals surface area (Å²) in [4.78, 5) is 4.43. The molecule has 0 radical (unpaired) electrons. The lowest BCUT2D eigenvalue weighted by Crippen LogP contribution is -2.13. The van der Waals surface area contributed by atoms with E-state index in [2.05, 4.69) is 10.1 Å². The molecule has 0 amide bonds. The van der Waals surface area contributed by atoms with Gasteiger partial charge in [-0.25, -0.2) is 0 Å². The van der Waals surface area contributed by atoms with Gasteiger partial charge in [-0.2, -0.15) is 4.98 Å². The molecule has 1 N–H and O–H groups in total. The van der Waals surface area contributed by atoms with E-state index in [1.807, 2.05) is 0 Å². The summed E-state index contributed by atoms with van der Waals surface area (Å²) in [5.41, 5.74) is 0. The van der Waals surface area contributed by atoms with Gasteiger partial charge in [0.25, 0.3) is 0 Å². The van der Waals surface area contributed by atoms with Crippen LogP contribution in [0.2, 0.25) is 0 Å². The highest BCUT2D eigenvalue weighted by molar-refractivity contribution is 5.05. The SMILES string of the molecule is OC1CCCC1c1nc(C2CCC2)no1. The number of hydrogen-bond donors (Lipinski definition) is 1. The van der Waals surface area contributed by atoms with Crippen LogP contribution in [0.4, 0.5) is 0 Å². The first kappa shape index (κ1) is 9.33. The van der Waals surface area contributed by atoms with Crippen LogP contribution in [0.1, 0.15) is 62.1 Å². The van der Waals surface area contributed by atoms with Gasteiger partial charge < -0.3 is 9.63 Å². The predicted octanol–water partition coefficient (Wildman–Crippen LogP) is 1.97. The third-order valence-corrected chi connectivity index (χ3v) is 3.72. The van der Waals surface area contributed by atoms with Crippen molar-refractivity contribution in [2.45, 2.75) is 56.5 Å². The first-order chi connectivity index (χ1) is 7.34. The molecule has 2 fully saturated rings. The maximum atomic E-state index is 9.73. The molecule has 2 aliphatic carbocycles. The minimum Gasteiger partial charge on any atom is -0.392 e.